The number of hydrogen-bond acceptors (Lipinski definition) is 3. The number of nitrogens with two attached hydrogens (primary N) is 1. The third-order valence-corrected chi connectivity index (χ3v) is 3.81. The Morgan fingerprint density at radius 3 is 1.83 bits per heavy atom. The van der Waals surface area contributed by atoms with E-state index >= 15 is 0 Å². The molecule has 0 aromatic rings. The van der Waals surface area contributed by atoms with Crippen LogP contribution in [0.1, 0.15) is 41.5 Å². The summed E-state index contributed by atoms with van der Waals surface area (Å²) in [4.78, 5) is 5.18. The van der Waals surface area contributed by atoms with Gasteiger partial charge in [-0.3, -0.25) is 4.90 Å². The minimum Gasteiger partial charge on any atom is -0.327 e. The second kappa shape index (κ2) is 6.36. The first-order chi connectivity index (χ1) is 8.21. The molecule has 0 spiro atoms. The summed E-state index contributed by atoms with van der Waals surface area (Å²) in [5.41, 5.74) is 6.47. The lowest BCUT2D eigenvalue weighted by Crippen LogP contribution is -2.59. The summed E-state index contributed by atoms with van der Waals surface area (Å²) < 4.78 is 0. The zero-order chi connectivity index (χ0) is 13.9. The first-order valence-electron chi connectivity index (χ1n) is 7.43. The van der Waals surface area contributed by atoms with E-state index in [9.17, 15) is 0 Å². The van der Waals surface area contributed by atoms with Crippen LogP contribution in [0.2, 0.25) is 0 Å². The molecule has 1 heterocycles. The third-order valence-electron chi connectivity index (χ3n) is 3.81. The maximum Gasteiger partial charge on any atom is 0.0293 e. The monoisotopic (exact) mass is 255 g/mol. The molecule has 0 radical (unpaired) electrons. The van der Waals surface area contributed by atoms with Crippen LogP contribution in [-0.4, -0.2) is 54.6 Å². The quantitative estimate of drug-likeness (QED) is 0.834. The van der Waals surface area contributed by atoms with Gasteiger partial charge in [-0.2, -0.15) is 0 Å². The average Bonchev–Trinajstić information content (AvgIpc) is 2.17. The molecule has 1 saturated heterocycles. The van der Waals surface area contributed by atoms with Crippen LogP contribution in [0.4, 0.5) is 0 Å². The Balaban J connectivity index is 2.55. The lowest BCUT2D eigenvalue weighted by Gasteiger charge is -2.46. The Kier molecular flexibility index (Phi) is 5.63. The Hall–Kier alpha value is -0.120. The molecule has 1 aliphatic rings. The van der Waals surface area contributed by atoms with Gasteiger partial charge in [0.05, 0.1) is 0 Å². The fraction of sp³-hybridized carbons (Fsp3) is 1.00. The van der Waals surface area contributed by atoms with Crippen molar-refractivity contribution in [2.45, 2.75) is 53.6 Å². The molecule has 3 nitrogen and oxygen atoms in total. The van der Waals surface area contributed by atoms with Gasteiger partial charge in [-0.1, -0.05) is 34.6 Å². The summed E-state index contributed by atoms with van der Waals surface area (Å²) in [5.74, 6) is 0.767. The van der Waals surface area contributed by atoms with Crippen LogP contribution in [0, 0.1) is 11.3 Å². The van der Waals surface area contributed by atoms with Crippen LogP contribution < -0.4 is 5.73 Å². The van der Waals surface area contributed by atoms with Gasteiger partial charge >= 0.3 is 0 Å². The van der Waals surface area contributed by atoms with Crippen molar-refractivity contribution in [1.82, 2.24) is 9.80 Å². The topological polar surface area (TPSA) is 32.5 Å². The standard InChI is InChI=1S/C15H33N3/c1-12(2)11-17-7-9-18(10-8-17)14(13(3)16)15(4,5)6/h12-14H,7-11,16H2,1-6H3. The Morgan fingerprint density at radius 1 is 1.00 bits per heavy atom. The number of piperazine rings is 1. The molecule has 0 aliphatic carbocycles. The van der Waals surface area contributed by atoms with Crippen molar-refractivity contribution in [2.75, 3.05) is 32.7 Å². The van der Waals surface area contributed by atoms with Crippen molar-refractivity contribution in [3.05, 3.63) is 0 Å². The van der Waals surface area contributed by atoms with Gasteiger partial charge in [0.1, 0.15) is 0 Å². The van der Waals surface area contributed by atoms with Gasteiger partial charge < -0.3 is 10.6 Å². The molecular formula is C15H33N3. The zero-order valence-electron chi connectivity index (χ0n) is 13.2. The van der Waals surface area contributed by atoms with E-state index < -0.39 is 0 Å². The largest absolute Gasteiger partial charge is 0.327 e. The molecule has 2 unspecified atom stereocenters. The number of nitrogens with zero attached hydrogens (tertiary/aromatic N) is 2. The lowest BCUT2D eigenvalue weighted by atomic mass is 9.81. The van der Waals surface area contributed by atoms with E-state index in [0.29, 0.717) is 6.04 Å². The zero-order valence-corrected chi connectivity index (χ0v) is 13.2. The van der Waals surface area contributed by atoms with Gasteiger partial charge in [0.25, 0.3) is 0 Å². The molecule has 0 saturated carbocycles. The van der Waals surface area contributed by atoms with E-state index in [0.717, 1.165) is 19.0 Å². The Bertz CT molecular complexity index is 235. The van der Waals surface area contributed by atoms with Gasteiger partial charge in [-0.05, 0) is 18.3 Å². The maximum absolute atomic E-state index is 6.21. The highest BCUT2D eigenvalue weighted by Crippen LogP contribution is 2.27. The summed E-state index contributed by atoms with van der Waals surface area (Å²) in [7, 11) is 0. The third kappa shape index (κ3) is 4.52. The van der Waals surface area contributed by atoms with Crippen molar-refractivity contribution in [1.29, 1.82) is 0 Å². The van der Waals surface area contributed by atoms with Crippen LogP contribution in [0.5, 0.6) is 0 Å². The summed E-state index contributed by atoms with van der Waals surface area (Å²) in [5, 5.41) is 0. The molecule has 2 atom stereocenters. The molecule has 0 aromatic carbocycles. The minimum absolute atomic E-state index is 0.238. The normalized spacial score (nSPS) is 23.3. The van der Waals surface area contributed by atoms with Gasteiger partial charge in [-0.15, -0.1) is 0 Å². The Labute approximate surface area is 114 Å². The Morgan fingerprint density at radius 2 is 1.50 bits per heavy atom. The lowest BCUT2D eigenvalue weighted by molar-refractivity contribution is 0.0316. The van der Waals surface area contributed by atoms with Crippen molar-refractivity contribution >= 4 is 0 Å². The van der Waals surface area contributed by atoms with Crippen LogP contribution in [0.15, 0.2) is 0 Å². The average molecular weight is 255 g/mol. The molecule has 0 bridgehead atoms. The highest BCUT2D eigenvalue weighted by molar-refractivity contribution is 4.91. The highest BCUT2D eigenvalue weighted by atomic mass is 15.3. The van der Waals surface area contributed by atoms with Gasteiger partial charge in [-0.25, -0.2) is 0 Å². The van der Waals surface area contributed by atoms with E-state index in [-0.39, 0.29) is 11.5 Å². The SMILES string of the molecule is CC(C)CN1CCN(C(C(C)N)C(C)(C)C)CC1. The predicted octanol–water partition coefficient (Wildman–Crippen LogP) is 2.02. The van der Waals surface area contributed by atoms with Crippen LogP contribution in [0.25, 0.3) is 0 Å². The van der Waals surface area contributed by atoms with E-state index in [1.165, 1.54) is 19.6 Å². The van der Waals surface area contributed by atoms with Crippen molar-refractivity contribution < 1.29 is 0 Å². The first-order valence-corrected chi connectivity index (χ1v) is 7.43. The van der Waals surface area contributed by atoms with Crippen molar-refractivity contribution in [3.8, 4) is 0 Å². The molecule has 3 heteroatoms. The minimum atomic E-state index is 0.238. The molecular weight excluding hydrogens is 222 g/mol. The van der Waals surface area contributed by atoms with E-state index in [1.807, 2.05) is 0 Å². The van der Waals surface area contributed by atoms with Crippen molar-refractivity contribution in [2.24, 2.45) is 17.1 Å². The van der Waals surface area contributed by atoms with Crippen LogP contribution in [0.3, 0.4) is 0 Å². The molecule has 2 N–H and O–H groups in total. The fourth-order valence-corrected chi connectivity index (χ4v) is 3.41. The van der Waals surface area contributed by atoms with Gasteiger partial charge in [0.15, 0.2) is 0 Å². The molecule has 1 fully saturated rings. The van der Waals surface area contributed by atoms with E-state index in [2.05, 4.69) is 51.3 Å². The first kappa shape index (κ1) is 15.9. The van der Waals surface area contributed by atoms with Crippen LogP contribution >= 0.6 is 0 Å². The maximum atomic E-state index is 6.21. The van der Waals surface area contributed by atoms with Gasteiger partial charge in [0.2, 0.25) is 0 Å². The molecule has 1 rings (SSSR count). The molecule has 18 heavy (non-hydrogen) atoms. The van der Waals surface area contributed by atoms with E-state index in [1.54, 1.807) is 0 Å². The molecule has 1 aliphatic heterocycles. The summed E-state index contributed by atoms with van der Waals surface area (Å²) in [6, 6.07) is 0.723. The number of rotatable bonds is 4. The molecule has 0 amide bonds. The predicted molar refractivity (Wildman–Crippen MR) is 79.7 cm³/mol. The van der Waals surface area contributed by atoms with Gasteiger partial charge in [0, 0.05) is 44.8 Å². The number of hydrogen-bond donors (Lipinski definition) is 1. The molecule has 108 valence electrons. The van der Waals surface area contributed by atoms with E-state index in [4.69, 9.17) is 5.73 Å². The second-order valence-corrected chi connectivity index (χ2v) is 7.40. The second-order valence-electron chi connectivity index (χ2n) is 7.40. The van der Waals surface area contributed by atoms with Crippen molar-refractivity contribution in [3.63, 3.8) is 0 Å². The fourth-order valence-electron chi connectivity index (χ4n) is 3.41. The summed E-state index contributed by atoms with van der Waals surface area (Å²) in [6.45, 7) is 19.6. The van der Waals surface area contributed by atoms with Crippen LogP contribution in [-0.2, 0) is 0 Å². The molecule has 0 aromatic heterocycles. The summed E-state index contributed by atoms with van der Waals surface area (Å²) in [6.07, 6.45) is 0. The smallest absolute Gasteiger partial charge is 0.0293 e. The summed E-state index contributed by atoms with van der Waals surface area (Å²) >= 11 is 0. The highest BCUT2D eigenvalue weighted by Gasteiger charge is 2.34.